The number of benzene rings is 2. The van der Waals surface area contributed by atoms with Crippen molar-refractivity contribution < 1.29 is 19.0 Å². The molecule has 0 unspecified atom stereocenters. The third-order valence-electron chi connectivity index (χ3n) is 4.39. The number of rotatable bonds is 8. The topological polar surface area (TPSA) is 62.6 Å². The summed E-state index contributed by atoms with van der Waals surface area (Å²) in [5.74, 6) is 1.05. The molecule has 0 bridgehead atoms. The van der Waals surface area contributed by atoms with E-state index in [1.807, 2.05) is 38.1 Å². The number of aromatic nitrogens is 2. The van der Waals surface area contributed by atoms with Gasteiger partial charge in [0.2, 0.25) is 5.88 Å². The van der Waals surface area contributed by atoms with Crippen LogP contribution < -0.4 is 9.47 Å². The Balaban J connectivity index is 1.84. The summed E-state index contributed by atoms with van der Waals surface area (Å²) in [6.07, 6.45) is 0. The quantitative estimate of drug-likeness (QED) is 0.347. The number of carbonyl (C=O) groups is 1. The van der Waals surface area contributed by atoms with Gasteiger partial charge in [0.05, 0.1) is 25.8 Å². The Kier molecular flexibility index (Phi) is 7.55. The van der Waals surface area contributed by atoms with Crippen molar-refractivity contribution in [2.24, 2.45) is 0 Å². The van der Waals surface area contributed by atoms with E-state index >= 15 is 0 Å². The second kappa shape index (κ2) is 10.1. The summed E-state index contributed by atoms with van der Waals surface area (Å²) in [5, 5.41) is 4.70. The summed E-state index contributed by atoms with van der Waals surface area (Å²) in [6, 6.07) is 13.0. The molecule has 6 nitrogen and oxygen atoms in total. The summed E-state index contributed by atoms with van der Waals surface area (Å²) in [5.41, 5.74) is 2.98. The van der Waals surface area contributed by atoms with Gasteiger partial charge in [-0.25, -0.2) is 9.48 Å². The zero-order valence-corrected chi connectivity index (χ0v) is 20.1. The van der Waals surface area contributed by atoms with Crippen LogP contribution in [-0.4, -0.2) is 36.1 Å². The highest BCUT2D eigenvalue weighted by molar-refractivity contribution is 9.11. The van der Waals surface area contributed by atoms with Crippen LogP contribution in [0, 0.1) is 6.92 Å². The third-order valence-corrected chi connectivity index (χ3v) is 5.59. The van der Waals surface area contributed by atoms with Gasteiger partial charge in [0.25, 0.3) is 0 Å². The zero-order chi connectivity index (χ0) is 21.7. The van der Waals surface area contributed by atoms with Gasteiger partial charge in [0.1, 0.15) is 22.5 Å². The average Bonchev–Trinajstić information content (AvgIpc) is 3.05. The predicted octanol–water partition coefficient (Wildman–Crippen LogP) is 5.65. The zero-order valence-electron chi connectivity index (χ0n) is 16.9. The van der Waals surface area contributed by atoms with E-state index < -0.39 is 5.97 Å². The predicted molar refractivity (Wildman–Crippen MR) is 122 cm³/mol. The molecule has 0 radical (unpaired) electrons. The van der Waals surface area contributed by atoms with Gasteiger partial charge in [-0.2, -0.15) is 5.10 Å². The van der Waals surface area contributed by atoms with Crippen molar-refractivity contribution in [1.82, 2.24) is 9.78 Å². The minimum Gasteiger partial charge on any atom is -0.491 e. The largest absolute Gasteiger partial charge is 0.491 e. The number of ether oxygens (including phenoxy) is 3. The molecule has 30 heavy (non-hydrogen) atoms. The molecule has 0 aliphatic heterocycles. The Hall–Kier alpha value is -2.32. The first-order chi connectivity index (χ1) is 14.4. The lowest BCUT2D eigenvalue weighted by Crippen LogP contribution is -2.12. The lowest BCUT2D eigenvalue weighted by molar-refractivity contribution is 0.0601. The van der Waals surface area contributed by atoms with Gasteiger partial charge in [-0.15, -0.1) is 0 Å². The molecule has 0 aliphatic rings. The fourth-order valence-electron chi connectivity index (χ4n) is 2.96. The molecule has 0 spiro atoms. The number of aryl methyl sites for hydroxylation is 1. The normalized spacial score (nSPS) is 10.7. The van der Waals surface area contributed by atoms with Crippen LogP contribution in [-0.2, 0) is 11.3 Å². The molecule has 0 saturated carbocycles. The number of hydrogen-bond acceptors (Lipinski definition) is 5. The lowest BCUT2D eigenvalue weighted by atomic mass is 10.1. The highest BCUT2D eigenvalue weighted by atomic mass is 79.9. The van der Waals surface area contributed by atoms with E-state index in [0.29, 0.717) is 36.9 Å². The molecule has 0 aliphatic carbocycles. The highest BCUT2D eigenvalue weighted by Gasteiger charge is 2.19. The minimum atomic E-state index is -0.393. The van der Waals surface area contributed by atoms with Crippen LogP contribution >= 0.6 is 31.9 Å². The average molecular weight is 538 g/mol. The Bertz CT molecular complexity index is 1050. The molecular weight excluding hydrogens is 516 g/mol. The minimum absolute atomic E-state index is 0.393. The SMILES string of the molecule is CCOc1c(Br)c(-c2cccc(C(=O)OC)c2)nn1CCOc1ccc(Br)cc1C. The van der Waals surface area contributed by atoms with E-state index in [1.54, 1.807) is 22.9 Å². The molecule has 0 saturated heterocycles. The molecule has 3 aromatic rings. The Morgan fingerprint density at radius 3 is 2.63 bits per heavy atom. The standard InChI is InChI=1S/C22H22Br2N2O4/c1-4-29-21-19(24)20(15-6-5-7-16(13-15)22(27)28-3)25-26(21)10-11-30-18-9-8-17(23)12-14(18)2/h5-9,12-13H,4,10-11H2,1-3H3. The lowest BCUT2D eigenvalue weighted by Gasteiger charge is -2.11. The summed E-state index contributed by atoms with van der Waals surface area (Å²) < 4.78 is 20.1. The molecule has 1 aromatic heterocycles. The summed E-state index contributed by atoms with van der Waals surface area (Å²) in [7, 11) is 1.36. The van der Waals surface area contributed by atoms with Gasteiger partial charge in [-0.05, 0) is 65.7 Å². The second-order valence-electron chi connectivity index (χ2n) is 6.45. The van der Waals surface area contributed by atoms with Crippen LogP contribution in [0.25, 0.3) is 11.3 Å². The maximum Gasteiger partial charge on any atom is 0.337 e. The van der Waals surface area contributed by atoms with Crippen LogP contribution in [0.5, 0.6) is 11.6 Å². The Morgan fingerprint density at radius 1 is 1.13 bits per heavy atom. The Morgan fingerprint density at radius 2 is 1.93 bits per heavy atom. The molecule has 8 heteroatoms. The van der Waals surface area contributed by atoms with Crippen molar-refractivity contribution in [1.29, 1.82) is 0 Å². The number of hydrogen-bond donors (Lipinski definition) is 0. The molecule has 0 N–H and O–H groups in total. The van der Waals surface area contributed by atoms with Gasteiger partial charge >= 0.3 is 5.97 Å². The van der Waals surface area contributed by atoms with Crippen molar-refractivity contribution in [3.05, 3.63) is 62.5 Å². The number of methoxy groups -OCH3 is 1. The monoisotopic (exact) mass is 536 g/mol. The summed E-state index contributed by atoms with van der Waals surface area (Å²) >= 11 is 7.06. The van der Waals surface area contributed by atoms with Crippen LogP contribution in [0.2, 0.25) is 0 Å². The van der Waals surface area contributed by atoms with E-state index in [0.717, 1.165) is 25.8 Å². The molecule has 1 heterocycles. The van der Waals surface area contributed by atoms with Gasteiger partial charge in [-0.3, -0.25) is 0 Å². The van der Waals surface area contributed by atoms with Crippen LogP contribution in [0.3, 0.4) is 0 Å². The third kappa shape index (κ3) is 5.05. The van der Waals surface area contributed by atoms with Crippen molar-refractivity contribution in [3.63, 3.8) is 0 Å². The van der Waals surface area contributed by atoms with Crippen molar-refractivity contribution in [2.45, 2.75) is 20.4 Å². The van der Waals surface area contributed by atoms with Gasteiger partial charge in [-0.1, -0.05) is 28.1 Å². The van der Waals surface area contributed by atoms with Gasteiger partial charge < -0.3 is 14.2 Å². The maximum atomic E-state index is 11.9. The number of nitrogens with zero attached hydrogens (tertiary/aromatic N) is 2. The second-order valence-corrected chi connectivity index (χ2v) is 8.16. The first-order valence-electron chi connectivity index (χ1n) is 9.41. The van der Waals surface area contributed by atoms with Crippen LogP contribution in [0.15, 0.2) is 51.4 Å². The molecule has 3 rings (SSSR count). The number of carbonyl (C=O) groups excluding carboxylic acids is 1. The molecule has 0 atom stereocenters. The van der Waals surface area contributed by atoms with Gasteiger partial charge in [0.15, 0.2) is 0 Å². The van der Waals surface area contributed by atoms with E-state index in [9.17, 15) is 4.79 Å². The Labute approximate surface area is 192 Å². The van der Waals surface area contributed by atoms with E-state index in [4.69, 9.17) is 19.3 Å². The van der Waals surface area contributed by atoms with Crippen molar-refractivity contribution >= 4 is 37.8 Å². The summed E-state index contributed by atoms with van der Waals surface area (Å²) in [6.45, 7) is 5.35. The molecule has 158 valence electrons. The first-order valence-corrected chi connectivity index (χ1v) is 11.0. The number of halogens is 2. The van der Waals surface area contributed by atoms with Crippen molar-refractivity contribution in [2.75, 3.05) is 20.3 Å². The molecule has 0 fully saturated rings. The van der Waals surface area contributed by atoms with E-state index in [1.165, 1.54) is 7.11 Å². The smallest absolute Gasteiger partial charge is 0.337 e. The van der Waals surface area contributed by atoms with Crippen LogP contribution in [0.1, 0.15) is 22.8 Å². The van der Waals surface area contributed by atoms with E-state index in [2.05, 4.69) is 31.9 Å². The molecule has 2 aromatic carbocycles. The van der Waals surface area contributed by atoms with Gasteiger partial charge in [0, 0.05) is 10.0 Å². The number of esters is 1. The van der Waals surface area contributed by atoms with Crippen molar-refractivity contribution in [3.8, 4) is 22.9 Å². The highest BCUT2D eigenvalue weighted by Crippen LogP contribution is 2.36. The fourth-order valence-corrected chi connectivity index (χ4v) is 4.07. The summed E-state index contributed by atoms with van der Waals surface area (Å²) in [4.78, 5) is 11.9. The fraction of sp³-hybridized carbons (Fsp3) is 0.273. The first kappa shape index (κ1) is 22.4. The molecular formula is C22H22Br2N2O4. The molecule has 0 amide bonds. The van der Waals surface area contributed by atoms with Crippen LogP contribution in [0.4, 0.5) is 0 Å². The maximum absolute atomic E-state index is 11.9. The van der Waals surface area contributed by atoms with E-state index in [-0.39, 0.29) is 0 Å².